The van der Waals surface area contributed by atoms with Crippen LogP contribution < -0.4 is 5.32 Å². The predicted octanol–water partition coefficient (Wildman–Crippen LogP) is 1.63. The van der Waals surface area contributed by atoms with Crippen molar-refractivity contribution in [2.45, 2.75) is 38.1 Å². The van der Waals surface area contributed by atoms with Gasteiger partial charge >= 0.3 is 0 Å². The van der Waals surface area contributed by atoms with Gasteiger partial charge in [0, 0.05) is 12.5 Å². The molecule has 0 bridgehead atoms. The number of morpholine rings is 1. The number of nitrogens with zero attached hydrogens (tertiary/aromatic N) is 2. The van der Waals surface area contributed by atoms with Gasteiger partial charge in [0.1, 0.15) is 0 Å². The van der Waals surface area contributed by atoms with Crippen molar-refractivity contribution in [2.75, 3.05) is 19.8 Å². The van der Waals surface area contributed by atoms with Crippen LogP contribution in [0.25, 0.3) is 0 Å². The van der Waals surface area contributed by atoms with Gasteiger partial charge in [0.2, 0.25) is 5.89 Å². The molecule has 5 nitrogen and oxygen atoms in total. The summed E-state index contributed by atoms with van der Waals surface area (Å²) in [5, 5.41) is 7.43. The van der Waals surface area contributed by atoms with Crippen LogP contribution in [0.15, 0.2) is 4.52 Å². The Hall–Kier alpha value is -0.940. The first-order chi connectivity index (χ1) is 8.34. The molecule has 2 fully saturated rings. The Bertz CT molecular complexity index is 374. The highest BCUT2D eigenvalue weighted by molar-refractivity contribution is 5.02. The molecule has 0 radical (unpaired) electrons. The zero-order valence-corrected chi connectivity index (χ0v) is 10.2. The minimum absolute atomic E-state index is 0.0953. The summed E-state index contributed by atoms with van der Waals surface area (Å²) < 4.78 is 10.8. The van der Waals surface area contributed by atoms with Gasteiger partial charge in [-0.1, -0.05) is 18.5 Å². The van der Waals surface area contributed by atoms with Crippen LogP contribution in [-0.2, 0) is 4.74 Å². The highest BCUT2D eigenvalue weighted by Crippen LogP contribution is 2.38. The van der Waals surface area contributed by atoms with E-state index in [1.807, 2.05) is 0 Å². The van der Waals surface area contributed by atoms with Crippen LogP contribution in [0, 0.1) is 5.92 Å². The molecule has 0 amide bonds. The van der Waals surface area contributed by atoms with Crippen molar-refractivity contribution in [2.24, 2.45) is 5.92 Å². The van der Waals surface area contributed by atoms with Crippen molar-refractivity contribution in [3.05, 3.63) is 11.7 Å². The lowest BCUT2D eigenvalue weighted by Gasteiger charge is -2.20. The van der Waals surface area contributed by atoms with Crippen LogP contribution in [0.4, 0.5) is 0 Å². The van der Waals surface area contributed by atoms with Crippen molar-refractivity contribution < 1.29 is 9.26 Å². The topological polar surface area (TPSA) is 60.2 Å². The van der Waals surface area contributed by atoms with Gasteiger partial charge in [0.15, 0.2) is 5.82 Å². The van der Waals surface area contributed by atoms with Crippen LogP contribution in [0.5, 0.6) is 0 Å². The van der Waals surface area contributed by atoms with Crippen LogP contribution in [0.1, 0.15) is 49.9 Å². The van der Waals surface area contributed by atoms with E-state index in [0.717, 1.165) is 24.9 Å². The quantitative estimate of drug-likeness (QED) is 0.847. The van der Waals surface area contributed by atoms with Crippen molar-refractivity contribution in [1.29, 1.82) is 0 Å². The Morgan fingerprint density at radius 3 is 3.00 bits per heavy atom. The second-order valence-corrected chi connectivity index (χ2v) is 5.09. The molecule has 1 saturated carbocycles. The number of nitrogens with one attached hydrogen (secondary N) is 1. The van der Waals surface area contributed by atoms with E-state index in [1.165, 1.54) is 19.3 Å². The molecule has 94 valence electrons. The van der Waals surface area contributed by atoms with Crippen molar-refractivity contribution in [1.82, 2.24) is 15.5 Å². The molecular formula is C12H19N3O2. The molecule has 1 aromatic heterocycles. The van der Waals surface area contributed by atoms with Gasteiger partial charge < -0.3 is 14.6 Å². The van der Waals surface area contributed by atoms with E-state index in [-0.39, 0.29) is 6.04 Å². The van der Waals surface area contributed by atoms with Crippen molar-refractivity contribution in [3.63, 3.8) is 0 Å². The summed E-state index contributed by atoms with van der Waals surface area (Å²) in [5.74, 6) is 2.69. The predicted molar refractivity (Wildman–Crippen MR) is 61.6 cm³/mol. The highest BCUT2D eigenvalue weighted by Gasteiger charge is 2.31. The van der Waals surface area contributed by atoms with Gasteiger partial charge in [-0.05, 0) is 18.8 Å². The number of hydrogen-bond donors (Lipinski definition) is 1. The molecule has 1 aliphatic heterocycles. The molecular weight excluding hydrogens is 218 g/mol. The van der Waals surface area contributed by atoms with Gasteiger partial charge in [-0.2, -0.15) is 4.98 Å². The molecule has 17 heavy (non-hydrogen) atoms. The molecule has 3 atom stereocenters. The van der Waals surface area contributed by atoms with Crippen LogP contribution in [0.2, 0.25) is 0 Å². The second kappa shape index (κ2) is 4.74. The van der Waals surface area contributed by atoms with Crippen LogP contribution >= 0.6 is 0 Å². The standard InChI is InChI=1S/C12H19N3O2/c1-8-3-2-4-9(8)12-14-11(15-17-12)10-7-16-6-5-13-10/h8-10,13H,2-7H2,1H3. The SMILES string of the molecule is CC1CCCC1c1nc(C2COCCN2)no1. The minimum Gasteiger partial charge on any atom is -0.378 e. The van der Waals surface area contributed by atoms with Crippen molar-refractivity contribution >= 4 is 0 Å². The smallest absolute Gasteiger partial charge is 0.230 e. The third kappa shape index (κ3) is 2.21. The lowest BCUT2D eigenvalue weighted by molar-refractivity contribution is 0.0734. The zero-order chi connectivity index (χ0) is 11.7. The Labute approximate surface area is 101 Å². The van der Waals surface area contributed by atoms with Gasteiger partial charge in [-0.25, -0.2) is 0 Å². The Morgan fingerprint density at radius 2 is 2.29 bits per heavy atom. The lowest BCUT2D eigenvalue weighted by atomic mass is 9.98. The third-order valence-corrected chi connectivity index (χ3v) is 3.87. The Morgan fingerprint density at radius 1 is 1.35 bits per heavy atom. The Kier molecular flexibility index (Phi) is 3.11. The van der Waals surface area contributed by atoms with Crippen molar-refractivity contribution in [3.8, 4) is 0 Å². The fourth-order valence-corrected chi connectivity index (χ4v) is 2.78. The van der Waals surface area contributed by atoms with E-state index < -0.39 is 0 Å². The van der Waals surface area contributed by atoms with E-state index in [2.05, 4.69) is 22.4 Å². The largest absolute Gasteiger partial charge is 0.378 e. The normalized spacial score (nSPS) is 34.1. The molecule has 1 aromatic rings. The number of aromatic nitrogens is 2. The number of rotatable bonds is 2. The summed E-state index contributed by atoms with van der Waals surface area (Å²) in [4.78, 5) is 4.55. The average Bonchev–Trinajstić information content (AvgIpc) is 2.98. The molecule has 3 unspecified atom stereocenters. The average molecular weight is 237 g/mol. The van der Waals surface area contributed by atoms with Gasteiger partial charge in [0.25, 0.3) is 0 Å². The van der Waals surface area contributed by atoms with E-state index in [0.29, 0.717) is 18.4 Å². The minimum atomic E-state index is 0.0953. The first-order valence-corrected chi connectivity index (χ1v) is 6.49. The summed E-state index contributed by atoms with van der Waals surface area (Å²) in [6.07, 6.45) is 3.72. The summed E-state index contributed by atoms with van der Waals surface area (Å²) >= 11 is 0. The second-order valence-electron chi connectivity index (χ2n) is 5.09. The summed E-state index contributed by atoms with van der Waals surface area (Å²) in [6, 6.07) is 0.0953. The van der Waals surface area contributed by atoms with E-state index >= 15 is 0 Å². The van der Waals surface area contributed by atoms with Gasteiger partial charge in [-0.3, -0.25) is 0 Å². The van der Waals surface area contributed by atoms with E-state index in [1.54, 1.807) is 0 Å². The van der Waals surface area contributed by atoms with E-state index in [4.69, 9.17) is 9.26 Å². The molecule has 2 aliphatic rings. The zero-order valence-electron chi connectivity index (χ0n) is 10.2. The molecule has 5 heteroatoms. The lowest BCUT2D eigenvalue weighted by Crippen LogP contribution is -2.35. The third-order valence-electron chi connectivity index (χ3n) is 3.87. The molecule has 1 saturated heterocycles. The number of hydrogen-bond acceptors (Lipinski definition) is 5. The van der Waals surface area contributed by atoms with Gasteiger partial charge in [-0.15, -0.1) is 0 Å². The first-order valence-electron chi connectivity index (χ1n) is 6.49. The van der Waals surface area contributed by atoms with Crippen LogP contribution in [-0.4, -0.2) is 29.9 Å². The summed E-state index contributed by atoms with van der Waals surface area (Å²) in [7, 11) is 0. The molecule has 3 rings (SSSR count). The molecule has 1 aliphatic carbocycles. The van der Waals surface area contributed by atoms with E-state index in [9.17, 15) is 0 Å². The molecule has 0 spiro atoms. The highest BCUT2D eigenvalue weighted by atomic mass is 16.5. The summed E-state index contributed by atoms with van der Waals surface area (Å²) in [5.41, 5.74) is 0. The fourth-order valence-electron chi connectivity index (χ4n) is 2.78. The van der Waals surface area contributed by atoms with Crippen LogP contribution in [0.3, 0.4) is 0 Å². The monoisotopic (exact) mass is 237 g/mol. The summed E-state index contributed by atoms with van der Waals surface area (Å²) in [6.45, 7) is 4.53. The maximum atomic E-state index is 5.42. The van der Waals surface area contributed by atoms with Gasteiger partial charge in [0.05, 0.1) is 19.3 Å². The molecule has 2 heterocycles. The maximum absolute atomic E-state index is 5.42. The molecule has 0 aromatic carbocycles. The Balaban J connectivity index is 1.73. The maximum Gasteiger partial charge on any atom is 0.230 e. The first kappa shape index (κ1) is 11.2. The molecule has 1 N–H and O–H groups in total. The number of ether oxygens (including phenoxy) is 1. The fraction of sp³-hybridized carbons (Fsp3) is 0.833.